The highest BCUT2D eigenvalue weighted by molar-refractivity contribution is 5.94. The van der Waals surface area contributed by atoms with E-state index in [1.54, 1.807) is 12.1 Å². The summed E-state index contributed by atoms with van der Waals surface area (Å²) < 4.78 is 11.7. The molecule has 2 aromatic carbocycles. The third-order valence-corrected chi connectivity index (χ3v) is 5.69. The van der Waals surface area contributed by atoms with Crippen LogP contribution in [-0.4, -0.2) is 33.7 Å². The van der Waals surface area contributed by atoms with Gasteiger partial charge in [-0.2, -0.15) is 0 Å². The third-order valence-electron chi connectivity index (χ3n) is 5.69. The number of carboxylic acid groups (broad SMARTS) is 2. The van der Waals surface area contributed by atoms with Crippen molar-refractivity contribution >= 4 is 11.9 Å². The number of aromatic nitrogens is 1. The lowest BCUT2D eigenvalue weighted by Gasteiger charge is -2.17. The van der Waals surface area contributed by atoms with Crippen molar-refractivity contribution in [2.45, 2.75) is 46.0 Å². The number of aliphatic carboxylic acids is 2. The molecular weight excluding hydrogens is 422 g/mol. The Hall–Kier alpha value is -3.61. The molecule has 0 fully saturated rings. The molecule has 0 saturated heterocycles. The van der Waals surface area contributed by atoms with E-state index >= 15 is 0 Å². The summed E-state index contributed by atoms with van der Waals surface area (Å²) in [7, 11) is 0. The lowest BCUT2D eigenvalue weighted by Crippen LogP contribution is -2.28. The van der Waals surface area contributed by atoms with Crippen molar-refractivity contribution in [3.8, 4) is 17.2 Å². The van der Waals surface area contributed by atoms with Gasteiger partial charge in [-0.25, -0.2) is 4.98 Å². The highest BCUT2D eigenvalue weighted by atomic mass is 16.5. The normalized spacial score (nSPS) is 14.4. The number of fused-ring (bicyclic) bond motifs is 1. The average molecular weight is 452 g/mol. The summed E-state index contributed by atoms with van der Waals surface area (Å²) >= 11 is 0. The van der Waals surface area contributed by atoms with Crippen LogP contribution in [0.25, 0.3) is 11.5 Å². The van der Waals surface area contributed by atoms with Gasteiger partial charge in [-0.05, 0) is 55.2 Å². The molecule has 1 aromatic heterocycles. The van der Waals surface area contributed by atoms with Crippen LogP contribution in [0.15, 0.2) is 52.9 Å². The molecule has 2 N–H and O–H groups in total. The molecule has 0 saturated carbocycles. The fourth-order valence-electron chi connectivity index (χ4n) is 4.14. The lowest BCUT2D eigenvalue weighted by atomic mass is 9.87. The number of carboxylic acids is 2. The Morgan fingerprint density at radius 1 is 1.12 bits per heavy atom. The maximum atomic E-state index is 11.4. The molecule has 3 aromatic rings. The van der Waals surface area contributed by atoms with Crippen LogP contribution in [-0.2, 0) is 22.4 Å². The van der Waals surface area contributed by atoms with Crippen LogP contribution < -0.4 is 4.74 Å². The summed E-state index contributed by atoms with van der Waals surface area (Å²) in [5, 5.41) is 18.6. The summed E-state index contributed by atoms with van der Waals surface area (Å²) in [6.07, 6.45) is 1.72. The lowest BCUT2D eigenvalue weighted by molar-refractivity contribution is -0.155. The van der Waals surface area contributed by atoms with Crippen molar-refractivity contribution in [3.05, 3.63) is 71.1 Å². The molecule has 0 radical (unpaired) electrons. The van der Waals surface area contributed by atoms with Crippen LogP contribution in [0.5, 0.6) is 5.75 Å². The fourth-order valence-corrected chi connectivity index (χ4v) is 4.14. The Bertz CT molecular complexity index is 1090. The van der Waals surface area contributed by atoms with Crippen molar-refractivity contribution in [3.63, 3.8) is 0 Å². The van der Waals surface area contributed by atoms with Crippen LogP contribution in [0.3, 0.4) is 0 Å². The molecule has 7 nitrogen and oxygen atoms in total. The molecule has 1 unspecified atom stereocenters. The number of rotatable bonds is 8. The Labute approximate surface area is 193 Å². The molecule has 0 bridgehead atoms. The summed E-state index contributed by atoms with van der Waals surface area (Å²) in [6.45, 7) is 6.29. The number of oxazole rings is 1. The minimum Gasteiger partial charge on any atom is -0.493 e. The van der Waals surface area contributed by atoms with E-state index in [2.05, 4.69) is 4.98 Å². The molecule has 1 aliphatic carbocycles. The minimum absolute atomic E-state index is 0.413. The molecule has 0 aliphatic heterocycles. The van der Waals surface area contributed by atoms with E-state index in [0.717, 1.165) is 28.1 Å². The van der Waals surface area contributed by atoms with E-state index < -0.39 is 23.8 Å². The van der Waals surface area contributed by atoms with Crippen LogP contribution in [0.1, 0.15) is 48.8 Å². The molecule has 7 heteroatoms. The molecule has 0 amide bonds. The van der Waals surface area contributed by atoms with Gasteiger partial charge in [0, 0.05) is 17.9 Å². The molecule has 174 valence electrons. The second-order valence-electron chi connectivity index (χ2n) is 7.65. The van der Waals surface area contributed by atoms with Crippen molar-refractivity contribution in [2.24, 2.45) is 5.92 Å². The monoisotopic (exact) mass is 451 g/mol. The minimum atomic E-state index is -1.43. The van der Waals surface area contributed by atoms with Gasteiger partial charge in [0.05, 0.1) is 12.3 Å². The van der Waals surface area contributed by atoms with Crippen molar-refractivity contribution in [2.75, 3.05) is 6.61 Å². The summed E-state index contributed by atoms with van der Waals surface area (Å²) in [6, 6.07) is 15.1. The Balaban J connectivity index is 0.00000149. The Kier molecular flexibility index (Phi) is 7.87. The van der Waals surface area contributed by atoms with Gasteiger partial charge in [0.2, 0.25) is 5.89 Å². The van der Waals surface area contributed by atoms with E-state index in [0.29, 0.717) is 37.5 Å². The van der Waals surface area contributed by atoms with Crippen LogP contribution in [0.2, 0.25) is 0 Å². The molecule has 1 atom stereocenters. The van der Waals surface area contributed by atoms with Crippen LogP contribution in [0.4, 0.5) is 0 Å². The zero-order valence-electron chi connectivity index (χ0n) is 19.1. The smallest absolute Gasteiger partial charge is 0.318 e. The van der Waals surface area contributed by atoms with E-state index in [-0.39, 0.29) is 0 Å². The molecule has 33 heavy (non-hydrogen) atoms. The number of benzene rings is 2. The standard InChI is InChI=1S/C24H23NO6.C2H6/c1-14-20(25-22(31-14)15-5-3-2-4-6-15)11-12-30-17-8-10-18-16(13-17)7-9-19(18)21(23(26)27)24(28)29;1-2/h2-6,8,10,13,19,21H,7,9,11-12H2,1H3,(H,26,27)(H,28,29);1-2H3. The second kappa shape index (κ2) is 10.8. The highest BCUT2D eigenvalue weighted by Crippen LogP contribution is 2.40. The van der Waals surface area contributed by atoms with Crippen LogP contribution in [0, 0.1) is 12.8 Å². The van der Waals surface area contributed by atoms with E-state index in [9.17, 15) is 19.8 Å². The number of nitrogens with zero attached hydrogens (tertiary/aromatic N) is 1. The quantitative estimate of drug-likeness (QED) is 0.458. The Morgan fingerprint density at radius 3 is 2.48 bits per heavy atom. The number of carbonyl (C=O) groups is 2. The number of hydrogen-bond acceptors (Lipinski definition) is 5. The second-order valence-corrected chi connectivity index (χ2v) is 7.65. The maximum absolute atomic E-state index is 11.4. The first-order valence-electron chi connectivity index (χ1n) is 11.2. The van der Waals surface area contributed by atoms with Gasteiger partial charge in [0.25, 0.3) is 0 Å². The number of ether oxygens (including phenoxy) is 1. The molecule has 1 heterocycles. The first kappa shape index (κ1) is 24.0. The molecule has 1 aliphatic rings. The topological polar surface area (TPSA) is 110 Å². The van der Waals surface area contributed by atoms with Crippen molar-refractivity contribution in [1.29, 1.82) is 0 Å². The fraction of sp³-hybridized carbons (Fsp3) is 0.346. The van der Waals surface area contributed by atoms with Gasteiger partial charge in [-0.1, -0.05) is 38.1 Å². The maximum Gasteiger partial charge on any atom is 0.318 e. The Morgan fingerprint density at radius 2 is 1.82 bits per heavy atom. The summed E-state index contributed by atoms with van der Waals surface area (Å²) in [5.74, 6) is -2.54. The average Bonchev–Trinajstić information content (AvgIpc) is 3.39. The zero-order chi connectivity index (χ0) is 24.0. The number of aryl methyl sites for hydroxylation is 2. The van der Waals surface area contributed by atoms with Crippen molar-refractivity contribution < 1.29 is 29.0 Å². The van der Waals surface area contributed by atoms with Gasteiger partial charge in [0.1, 0.15) is 11.5 Å². The largest absolute Gasteiger partial charge is 0.493 e. The first-order chi connectivity index (χ1) is 15.9. The van der Waals surface area contributed by atoms with E-state index in [1.807, 2.05) is 57.2 Å². The van der Waals surface area contributed by atoms with Gasteiger partial charge < -0.3 is 19.4 Å². The van der Waals surface area contributed by atoms with Crippen LogP contribution >= 0.6 is 0 Å². The molecular formula is C26H29NO6. The van der Waals surface area contributed by atoms with Gasteiger partial charge in [0.15, 0.2) is 5.92 Å². The van der Waals surface area contributed by atoms with Gasteiger partial charge in [-0.3, -0.25) is 9.59 Å². The number of hydrogen-bond donors (Lipinski definition) is 2. The van der Waals surface area contributed by atoms with Gasteiger partial charge >= 0.3 is 11.9 Å². The van der Waals surface area contributed by atoms with Crippen molar-refractivity contribution in [1.82, 2.24) is 4.98 Å². The first-order valence-corrected chi connectivity index (χ1v) is 11.2. The van der Waals surface area contributed by atoms with Gasteiger partial charge in [-0.15, -0.1) is 0 Å². The predicted octanol–water partition coefficient (Wildman–Crippen LogP) is 5.11. The zero-order valence-corrected chi connectivity index (χ0v) is 19.1. The SMILES string of the molecule is CC.Cc1oc(-c2ccccc2)nc1CCOc1ccc2c(c1)CCC2C(C(=O)O)C(=O)O. The summed E-state index contributed by atoms with van der Waals surface area (Å²) in [4.78, 5) is 27.3. The molecule has 0 spiro atoms. The van der Waals surface area contributed by atoms with E-state index in [1.165, 1.54) is 0 Å². The molecule has 4 rings (SSSR count). The predicted molar refractivity (Wildman–Crippen MR) is 123 cm³/mol. The summed E-state index contributed by atoms with van der Waals surface area (Å²) in [5.41, 5.74) is 3.48. The third kappa shape index (κ3) is 5.42. The highest BCUT2D eigenvalue weighted by Gasteiger charge is 2.39. The van der Waals surface area contributed by atoms with E-state index in [4.69, 9.17) is 9.15 Å².